The number of nitrogens with zero attached hydrogens (tertiary/aromatic N) is 1. The Balaban J connectivity index is 1.38. The molecule has 40 heavy (non-hydrogen) atoms. The molecule has 0 bridgehead atoms. The van der Waals surface area contributed by atoms with Crippen molar-refractivity contribution >= 4 is 52.0 Å². The third kappa shape index (κ3) is 7.11. The predicted molar refractivity (Wildman–Crippen MR) is 160 cm³/mol. The van der Waals surface area contributed by atoms with Gasteiger partial charge in [0.25, 0.3) is 11.8 Å². The van der Waals surface area contributed by atoms with E-state index in [0.29, 0.717) is 34.3 Å². The SMILES string of the molecule is COc1cc(C=NNC(=O)C(NC(=O)c2ccc(Cl)c(Cl)c2)C(C)C)ccc1OCc1cccc2ccccc12. The molecule has 0 saturated heterocycles. The van der Waals surface area contributed by atoms with Crippen LogP contribution in [0.3, 0.4) is 0 Å². The third-order valence-electron chi connectivity index (χ3n) is 6.26. The lowest BCUT2D eigenvalue weighted by Crippen LogP contribution is -2.48. The molecule has 9 heteroatoms. The van der Waals surface area contributed by atoms with Crippen LogP contribution in [0.5, 0.6) is 11.5 Å². The Labute approximate surface area is 243 Å². The molecule has 0 saturated carbocycles. The highest BCUT2D eigenvalue weighted by Gasteiger charge is 2.24. The molecule has 4 aromatic carbocycles. The number of nitrogens with one attached hydrogen (secondary N) is 2. The number of benzene rings is 4. The zero-order chi connectivity index (χ0) is 28.6. The van der Waals surface area contributed by atoms with Crippen LogP contribution in [0.4, 0.5) is 0 Å². The summed E-state index contributed by atoms with van der Waals surface area (Å²) < 4.78 is 11.6. The van der Waals surface area contributed by atoms with Gasteiger partial charge in [-0.25, -0.2) is 5.43 Å². The van der Waals surface area contributed by atoms with Gasteiger partial charge in [-0.1, -0.05) is 79.5 Å². The summed E-state index contributed by atoms with van der Waals surface area (Å²) in [5.74, 6) is 0.0213. The van der Waals surface area contributed by atoms with Crippen molar-refractivity contribution in [2.75, 3.05) is 7.11 Å². The van der Waals surface area contributed by atoms with E-state index in [1.165, 1.54) is 18.3 Å². The molecule has 0 aliphatic rings. The van der Waals surface area contributed by atoms with Gasteiger partial charge in [-0.2, -0.15) is 5.10 Å². The highest BCUT2D eigenvalue weighted by Crippen LogP contribution is 2.29. The fourth-order valence-electron chi connectivity index (χ4n) is 4.09. The number of hydrogen-bond donors (Lipinski definition) is 2. The Morgan fingerprint density at radius 1 is 0.925 bits per heavy atom. The van der Waals surface area contributed by atoms with Crippen LogP contribution in [0.25, 0.3) is 10.8 Å². The topological polar surface area (TPSA) is 89.0 Å². The number of hydrazone groups is 1. The Morgan fingerprint density at radius 3 is 2.45 bits per heavy atom. The second kappa shape index (κ2) is 13.3. The van der Waals surface area contributed by atoms with Crippen LogP contribution >= 0.6 is 23.2 Å². The fourth-order valence-corrected chi connectivity index (χ4v) is 4.39. The lowest BCUT2D eigenvalue weighted by Gasteiger charge is -2.20. The number of ether oxygens (including phenoxy) is 2. The largest absolute Gasteiger partial charge is 0.493 e. The van der Waals surface area contributed by atoms with Gasteiger partial charge in [0, 0.05) is 5.56 Å². The van der Waals surface area contributed by atoms with E-state index in [9.17, 15) is 9.59 Å². The zero-order valence-corrected chi connectivity index (χ0v) is 23.8. The van der Waals surface area contributed by atoms with Crippen molar-refractivity contribution < 1.29 is 19.1 Å². The van der Waals surface area contributed by atoms with Gasteiger partial charge >= 0.3 is 0 Å². The van der Waals surface area contributed by atoms with Crippen molar-refractivity contribution in [2.45, 2.75) is 26.5 Å². The molecule has 0 fully saturated rings. The van der Waals surface area contributed by atoms with Gasteiger partial charge in [0.15, 0.2) is 11.5 Å². The van der Waals surface area contributed by atoms with Crippen LogP contribution in [0.1, 0.15) is 35.3 Å². The number of halogens is 2. The summed E-state index contributed by atoms with van der Waals surface area (Å²) in [6.45, 7) is 4.03. The molecule has 2 N–H and O–H groups in total. The number of carbonyl (C=O) groups is 2. The molecule has 0 heterocycles. The minimum atomic E-state index is -0.821. The van der Waals surface area contributed by atoms with Crippen LogP contribution in [-0.2, 0) is 11.4 Å². The minimum Gasteiger partial charge on any atom is -0.493 e. The van der Waals surface area contributed by atoms with E-state index < -0.39 is 17.9 Å². The Morgan fingerprint density at radius 2 is 1.70 bits per heavy atom. The molecule has 206 valence electrons. The number of fused-ring (bicyclic) bond motifs is 1. The molecule has 4 rings (SSSR count). The molecule has 0 aromatic heterocycles. The molecular formula is C31H29Cl2N3O4. The molecule has 7 nitrogen and oxygen atoms in total. The van der Waals surface area contributed by atoms with Gasteiger partial charge in [-0.05, 0) is 64.2 Å². The first-order valence-corrected chi connectivity index (χ1v) is 13.4. The van der Waals surface area contributed by atoms with E-state index in [4.69, 9.17) is 32.7 Å². The second-order valence-corrected chi connectivity index (χ2v) is 10.2. The predicted octanol–water partition coefficient (Wildman–Crippen LogP) is 6.64. The van der Waals surface area contributed by atoms with Gasteiger partial charge in [0.1, 0.15) is 12.6 Å². The zero-order valence-electron chi connectivity index (χ0n) is 22.3. The quantitative estimate of drug-likeness (QED) is 0.163. The molecule has 0 aliphatic carbocycles. The monoisotopic (exact) mass is 577 g/mol. The lowest BCUT2D eigenvalue weighted by molar-refractivity contribution is -0.123. The minimum absolute atomic E-state index is 0.194. The summed E-state index contributed by atoms with van der Waals surface area (Å²) in [7, 11) is 1.56. The molecule has 0 aliphatic heterocycles. The summed E-state index contributed by atoms with van der Waals surface area (Å²) in [4.78, 5) is 25.5. The Bertz CT molecular complexity index is 1550. The molecule has 1 atom stereocenters. The van der Waals surface area contributed by atoms with Gasteiger partial charge in [0.05, 0.1) is 23.4 Å². The Kier molecular flexibility index (Phi) is 9.64. The summed E-state index contributed by atoms with van der Waals surface area (Å²) in [5, 5.41) is 9.68. The summed E-state index contributed by atoms with van der Waals surface area (Å²) in [5.41, 5.74) is 4.56. The summed E-state index contributed by atoms with van der Waals surface area (Å²) in [6, 6.07) is 23.3. The number of amides is 2. The van der Waals surface area contributed by atoms with Gasteiger partial charge in [-0.3, -0.25) is 9.59 Å². The molecular weight excluding hydrogens is 549 g/mol. The van der Waals surface area contributed by atoms with Gasteiger partial charge < -0.3 is 14.8 Å². The maximum Gasteiger partial charge on any atom is 0.262 e. The smallest absolute Gasteiger partial charge is 0.262 e. The van der Waals surface area contributed by atoms with E-state index >= 15 is 0 Å². The summed E-state index contributed by atoms with van der Waals surface area (Å²) >= 11 is 11.9. The highest BCUT2D eigenvalue weighted by atomic mass is 35.5. The average Bonchev–Trinajstić information content (AvgIpc) is 2.96. The summed E-state index contributed by atoms with van der Waals surface area (Å²) in [6.07, 6.45) is 1.49. The van der Waals surface area contributed by atoms with Crippen molar-refractivity contribution in [3.63, 3.8) is 0 Å². The maximum absolute atomic E-state index is 12.8. The van der Waals surface area contributed by atoms with Crippen LogP contribution in [0, 0.1) is 5.92 Å². The Hall–Kier alpha value is -4.07. The van der Waals surface area contributed by atoms with E-state index in [2.05, 4.69) is 34.0 Å². The van der Waals surface area contributed by atoms with Crippen LogP contribution in [-0.4, -0.2) is 31.2 Å². The number of hydrogen-bond acceptors (Lipinski definition) is 5. The molecule has 0 radical (unpaired) electrons. The normalized spacial score (nSPS) is 11.9. The second-order valence-electron chi connectivity index (χ2n) is 9.40. The first-order chi connectivity index (χ1) is 19.3. The molecule has 4 aromatic rings. The average molecular weight is 578 g/mol. The van der Waals surface area contributed by atoms with E-state index in [0.717, 1.165) is 16.3 Å². The molecule has 0 spiro atoms. The lowest BCUT2D eigenvalue weighted by atomic mass is 10.0. The van der Waals surface area contributed by atoms with Crippen LogP contribution in [0.15, 0.2) is 84.0 Å². The van der Waals surface area contributed by atoms with Crippen molar-refractivity contribution in [1.82, 2.24) is 10.7 Å². The number of methoxy groups -OCH3 is 1. The van der Waals surface area contributed by atoms with Crippen molar-refractivity contribution in [2.24, 2.45) is 11.0 Å². The van der Waals surface area contributed by atoms with Gasteiger partial charge in [-0.15, -0.1) is 0 Å². The number of carbonyl (C=O) groups excluding carboxylic acids is 2. The number of rotatable bonds is 10. The first kappa shape index (κ1) is 28.9. The van der Waals surface area contributed by atoms with E-state index in [1.807, 2.05) is 44.2 Å². The van der Waals surface area contributed by atoms with Crippen molar-refractivity contribution in [3.05, 3.63) is 106 Å². The van der Waals surface area contributed by atoms with E-state index in [-0.39, 0.29) is 10.9 Å². The fraction of sp³-hybridized carbons (Fsp3) is 0.194. The third-order valence-corrected chi connectivity index (χ3v) is 7.00. The van der Waals surface area contributed by atoms with Crippen LogP contribution in [0.2, 0.25) is 10.0 Å². The maximum atomic E-state index is 12.8. The molecule has 1 unspecified atom stereocenters. The van der Waals surface area contributed by atoms with Gasteiger partial charge in [0.2, 0.25) is 0 Å². The van der Waals surface area contributed by atoms with Crippen LogP contribution < -0.4 is 20.2 Å². The molecule has 2 amide bonds. The van der Waals surface area contributed by atoms with Crippen molar-refractivity contribution in [3.8, 4) is 11.5 Å². The van der Waals surface area contributed by atoms with Crippen molar-refractivity contribution in [1.29, 1.82) is 0 Å². The first-order valence-electron chi connectivity index (χ1n) is 12.6. The highest BCUT2D eigenvalue weighted by molar-refractivity contribution is 6.42. The standard InChI is InChI=1S/C31H29Cl2N3O4/c1-19(2)29(35-30(37)22-12-13-25(32)26(33)16-22)31(38)36-34-17-20-11-14-27(28(15-20)39-3)40-18-23-9-6-8-21-7-4-5-10-24(21)23/h4-17,19,29H,18H2,1-3H3,(H,35,37)(H,36,38). The van der Waals surface area contributed by atoms with E-state index in [1.54, 1.807) is 25.3 Å².